The Bertz CT molecular complexity index is 1560. The van der Waals surface area contributed by atoms with Crippen LogP contribution in [0.25, 0.3) is 11.3 Å². The van der Waals surface area contributed by atoms with Gasteiger partial charge in [0.15, 0.2) is 0 Å². The number of hydrogen-bond acceptors (Lipinski definition) is 6. The van der Waals surface area contributed by atoms with Gasteiger partial charge in [0.05, 0.1) is 5.02 Å². The first-order valence-corrected chi connectivity index (χ1v) is 15.8. The van der Waals surface area contributed by atoms with Crippen LogP contribution in [-0.2, 0) is 9.53 Å². The maximum Gasteiger partial charge on any atom is 0.344 e. The first-order chi connectivity index (χ1) is 21.3. The number of halogens is 1. The highest BCUT2D eigenvalue weighted by Gasteiger charge is 2.28. The number of carbonyl (C=O) groups excluding carboxylic acids is 2. The van der Waals surface area contributed by atoms with Crippen molar-refractivity contribution in [2.75, 3.05) is 25.0 Å². The Kier molecular flexibility index (Phi) is 10.5. The summed E-state index contributed by atoms with van der Waals surface area (Å²) in [4.78, 5) is 28.2. The third-order valence-corrected chi connectivity index (χ3v) is 8.62. The van der Waals surface area contributed by atoms with Gasteiger partial charge in [-0.1, -0.05) is 91.3 Å². The van der Waals surface area contributed by atoms with Crippen LogP contribution in [0, 0.1) is 12.8 Å². The van der Waals surface area contributed by atoms with Crippen molar-refractivity contribution in [1.82, 2.24) is 10.1 Å². The summed E-state index contributed by atoms with van der Waals surface area (Å²) in [6.07, 6.45) is 3.30. The molecule has 0 saturated carbocycles. The van der Waals surface area contributed by atoms with Crippen LogP contribution in [0.5, 0.6) is 0 Å². The van der Waals surface area contributed by atoms with Gasteiger partial charge in [-0.05, 0) is 87.5 Å². The lowest BCUT2D eigenvalue weighted by atomic mass is 9.89. The largest absolute Gasteiger partial charge is 0.454 e. The molecule has 5 rings (SSSR count). The topological polar surface area (TPSA) is 84.7 Å². The maximum atomic E-state index is 13.6. The van der Waals surface area contributed by atoms with Crippen LogP contribution in [0.2, 0.25) is 5.02 Å². The number of rotatable bonds is 11. The molecule has 1 amide bonds. The molecule has 1 fully saturated rings. The van der Waals surface area contributed by atoms with Gasteiger partial charge in [0.2, 0.25) is 5.91 Å². The Morgan fingerprint density at radius 3 is 2.48 bits per heavy atom. The van der Waals surface area contributed by atoms with Crippen molar-refractivity contribution in [2.24, 2.45) is 5.92 Å². The summed E-state index contributed by atoms with van der Waals surface area (Å²) in [6, 6.07) is 25.4. The maximum absolute atomic E-state index is 13.6. The van der Waals surface area contributed by atoms with Crippen LogP contribution >= 0.6 is 11.6 Å². The molecule has 0 radical (unpaired) electrons. The number of anilines is 1. The van der Waals surface area contributed by atoms with Crippen LogP contribution in [-0.4, -0.2) is 41.6 Å². The highest BCUT2D eigenvalue weighted by molar-refractivity contribution is 6.33. The second-order valence-electron chi connectivity index (χ2n) is 11.8. The molecule has 1 aromatic heterocycles. The molecule has 0 bridgehead atoms. The summed E-state index contributed by atoms with van der Waals surface area (Å²) in [6.45, 7) is 8.44. The third-order valence-electron chi connectivity index (χ3n) is 8.29. The molecule has 1 aliphatic rings. The van der Waals surface area contributed by atoms with Gasteiger partial charge in [-0.3, -0.25) is 4.79 Å². The summed E-state index contributed by atoms with van der Waals surface area (Å²) in [5.74, 6) is 0.380. The number of piperidine rings is 1. The number of likely N-dealkylation sites (tertiary alicyclic amines) is 1. The highest BCUT2D eigenvalue weighted by atomic mass is 35.5. The number of benzene rings is 3. The van der Waals surface area contributed by atoms with Crippen LogP contribution in [0.3, 0.4) is 0 Å². The van der Waals surface area contributed by atoms with Gasteiger partial charge in [-0.2, -0.15) is 0 Å². The van der Waals surface area contributed by atoms with Gasteiger partial charge in [0, 0.05) is 17.2 Å². The number of ether oxygens (including phenoxy) is 1. The molecule has 1 saturated heterocycles. The minimum Gasteiger partial charge on any atom is -0.454 e. The quantitative estimate of drug-likeness (QED) is 0.171. The van der Waals surface area contributed by atoms with Crippen LogP contribution in [0.1, 0.15) is 78.8 Å². The van der Waals surface area contributed by atoms with Gasteiger partial charge in [0.1, 0.15) is 23.1 Å². The SMILES string of the molecule is Cc1onc(-c2ccccc2Cl)c1C(=O)OC(CCCN1CCC(c2cccc(NC(=O)C(C)C)c2)CC1)c1ccccc1. The molecule has 230 valence electrons. The van der Waals surface area contributed by atoms with Crippen molar-refractivity contribution in [2.45, 2.75) is 58.5 Å². The van der Waals surface area contributed by atoms with Crippen molar-refractivity contribution in [1.29, 1.82) is 0 Å². The van der Waals surface area contributed by atoms with Gasteiger partial charge in [-0.15, -0.1) is 0 Å². The summed E-state index contributed by atoms with van der Waals surface area (Å²) < 4.78 is 11.6. The summed E-state index contributed by atoms with van der Waals surface area (Å²) in [5.41, 5.74) is 4.42. The normalized spacial score (nSPS) is 14.8. The van der Waals surface area contributed by atoms with E-state index in [0.717, 1.165) is 50.1 Å². The van der Waals surface area contributed by atoms with Crippen LogP contribution in [0.15, 0.2) is 83.4 Å². The highest BCUT2D eigenvalue weighted by Crippen LogP contribution is 2.34. The monoisotopic (exact) mass is 613 g/mol. The average Bonchev–Trinajstić information content (AvgIpc) is 3.42. The summed E-state index contributed by atoms with van der Waals surface area (Å²) in [7, 11) is 0. The van der Waals surface area contributed by atoms with E-state index in [1.807, 2.05) is 74.5 Å². The van der Waals surface area contributed by atoms with Crippen molar-refractivity contribution >= 4 is 29.2 Å². The second-order valence-corrected chi connectivity index (χ2v) is 12.2. The molecule has 1 atom stereocenters. The number of hydrogen-bond donors (Lipinski definition) is 1. The summed E-state index contributed by atoms with van der Waals surface area (Å²) >= 11 is 6.41. The number of aryl methyl sites for hydroxylation is 1. The van der Waals surface area contributed by atoms with E-state index in [2.05, 4.69) is 27.5 Å². The number of esters is 1. The minimum atomic E-state index is -0.472. The van der Waals surface area contributed by atoms with E-state index in [9.17, 15) is 9.59 Å². The molecular formula is C36H40ClN3O4. The zero-order valence-corrected chi connectivity index (χ0v) is 26.3. The molecule has 0 aliphatic carbocycles. The van der Waals surface area contributed by atoms with Gasteiger partial charge in [-0.25, -0.2) is 4.79 Å². The predicted octanol–water partition coefficient (Wildman–Crippen LogP) is 8.46. The fourth-order valence-corrected chi connectivity index (χ4v) is 5.97. The van der Waals surface area contributed by atoms with Crippen LogP contribution < -0.4 is 5.32 Å². The van der Waals surface area contributed by atoms with Crippen molar-refractivity contribution < 1.29 is 18.8 Å². The van der Waals surface area contributed by atoms with E-state index in [-0.39, 0.29) is 11.8 Å². The molecule has 1 unspecified atom stereocenters. The Morgan fingerprint density at radius 2 is 1.75 bits per heavy atom. The molecule has 1 N–H and O–H groups in total. The van der Waals surface area contributed by atoms with Crippen molar-refractivity contribution in [3.63, 3.8) is 0 Å². The Morgan fingerprint density at radius 1 is 1.02 bits per heavy atom. The molecule has 44 heavy (non-hydrogen) atoms. The smallest absolute Gasteiger partial charge is 0.344 e. The number of aromatic nitrogens is 1. The molecule has 7 nitrogen and oxygen atoms in total. The van der Waals surface area contributed by atoms with E-state index < -0.39 is 12.1 Å². The molecule has 4 aromatic rings. The van der Waals surface area contributed by atoms with E-state index in [1.54, 1.807) is 13.0 Å². The van der Waals surface area contributed by atoms with E-state index in [1.165, 1.54) is 5.56 Å². The lowest BCUT2D eigenvalue weighted by Gasteiger charge is -2.32. The first-order valence-electron chi connectivity index (χ1n) is 15.4. The second kappa shape index (κ2) is 14.7. The van der Waals surface area contributed by atoms with Crippen molar-refractivity contribution in [3.8, 4) is 11.3 Å². The number of amides is 1. The fourth-order valence-electron chi connectivity index (χ4n) is 5.75. The lowest BCUT2D eigenvalue weighted by molar-refractivity contribution is -0.118. The van der Waals surface area contributed by atoms with Crippen LogP contribution in [0.4, 0.5) is 5.69 Å². The molecule has 3 aromatic carbocycles. The summed E-state index contributed by atoms with van der Waals surface area (Å²) in [5, 5.41) is 7.65. The van der Waals surface area contributed by atoms with Gasteiger partial charge in [0.25, 0.3) is 0 Å². The Labute approximate surface area is 264 Å². The Balaban J connectivity index is 1.19. The van der Waals surface area contributed by atoms with E-state index in [4.69, 9.17) is 20.9 Å². The van der Waals surface area contributed by atoms with Gasteiger partial charge >= 0.3 is 5.97 Å². The minimum absolute atomic E-state index is 0.0362. The number of nitrogens with zero attached hydrogens (tertiary/aromatic N) is 2. The lowest BCUT2D eigenvalue weighted by Crippen LogP contribution is -2.34. The van der Waals surface area contributed by atoms with E-state index >= 15 is 0 Å². The standard InChI is InChI=1S/C36H40ClN3O4/c1-24(2)35(41)38-29-14-9-13-28(23-29)26-18-21-40(22-19-26)20-10-17-32(27-11-5-4-6-12-27)43-36(42)33-25(3)44-39-34(33)30-15-7-8-16-31(30)37/h4-9,11-16,23-24,26,32H,10,17-22H2,1-3H3,(H,38,41). The number of nitrogens with one attached hydrogen (secondary N) is 1. The van der Waals surface area contributed by atoms with Gasteiger partial charge < -0.3 is 19.5 Å². The molecule has 2 heterocycles. The number of carbonyl (C=O) groups is 2. The zero-order valence-electron chi connectivity index (χ0n) is 25.6. The van der Waals surface area contributed by atoms with Crippen molar-refractivity contribution in [3.05, 3.63) is 106 Å². The fraction of sp³-hybridized carbons (Fsp3) is 0.361. The molecule has 1 aliphatic heterocycles. The predicted molar refractivity (Wildman–Crippen MR) is 174 cm³/mol. The molecule has 0 spiro atoms. The zero-order chi connectivity index (χ0) is 31.1. The Hall–Kier alpha value is -3.94. The van der Waals surface area contributed by atoms with E-state index in [0.29, 0.717) is 39.9 Å². The molecule has 8 heteroatoms. The molecular weight excluding hydrogens is 574 g/mol. The first kappa shape index (κ1) is 31.5. The average molecular weight is 614 g/mol. The third kappa shape index (κ3) is 7.76.